The van der Waals surface area contributed by atoms with E-state index < -0.39 is 0 Å². The van der Waals surface area contributed by atoms with Gasteiger partial charge in [0.1, 0.15) is 0 Å². The normalized spacial score (nSPS) is 15.0. The van der Waals surface area contributed by atoms with E-state index in [1.165, 1.54) is 25.7 Å². The third kappa shape index (κ3) is 4.56. The maximum atomic E-state index is 10.1. The molecule has 0 spiro atoms. The summed E-state index contributed by atoms with van der Waals surface area (Å²) in [4.78, 5) is 1.09. The zero-order chi connectivity index (χ0) is 12.0. The van der Waals surface area contributed by atoms with Gasteiger partial charge in [-0.1, -0.05) is 39.5 Å². The number of rotatable bonds is 7. The summed E-state index contributed by atoms with van der Waals surface area (Å²) in [7, 11) is 0. The number of aliphatic hydroxyl groups is 1. The van der Waals surface area contributed by atoms with E-state index in [9.17, 15) is 5.11 Å². The second-order valence-electron chi connectivity index (χ2n) is 4.31. The molecule has 1 N–H and O–H groups in total. The van der Waals surface area contributed by atoms with E-state index in [1.54, 1.807) is 11.3 Å². The fourth-order valence-electron chi connectivity index (χ4n) is 1.92. The Morgan fingerprint density at radius 2 is 2.12 bits per heavy atom. The Morgan fingerprint density at radius 1 is 1.38 bits per heavy atom. The van der Waals surface area contributed by atoms with Crippen molar-refractivity contribution in [2.45, 2.75) is 52.1 Å². The summed E-state index contributed by atoms with van der Waals surface area (Å²) in [6.07, 6.45) is 5.57. The first kappa shape index (κ1) is 14.2. The van der Waals surface area contributed by atoms with Gasteiger partial charge in [0.15, 0.2) is 0 Å². The van der Waals surface area contributed by atoms with Gasteiger partial charge in [0.05, 0.1) is 9.89 Å². The van der Waals surface area contributed by atoms with Crippen LogP contribution in [0, 0.1) is 5.92 Å². The molecule has 1 rings (SSSR count). The van der Waals surface area contributed by atoms with Gasteiger partial charge in [-0.25, -0.2) is 0 Å². The smallest absolute Gasteiger partial charge is 0.0885 e. The van der Waals surface area contributed by atoms with Crippen LogP contribution in [0.4, 0.5) is 0 Å². The third-order valence-electron chi connectivity index (χ3n) is 3.02. The highest BCUT2D eigenvalue weighted by Crippen LogP contribution is 2.32. The van der Waals surface area contributed by atoms with Gasteiger partial charge < -0.3 is 5.11 Å². The second-order valence-corrected chi connectivity index (χ2v) is 6.80. The highest BCUT2D eigenvalue weighted by Gasteiger charge is 2.15. The number of unbranched alkanes of at least 4 members (excludes halogenated alkanes) is 1. The molecule has 0 aliphatic heterocycles. The van der Waals surface area contributed by atoms with Crippen LogP contribution in [-0.2, 0) is 0 Å². The van der Waals surface area contributed by atoms with Crippen molar-refractivity contribution in [1.29, 1.82) is 0 Å². The van der Waals surface area contributed by atoms with Crippen molar-refractivity contribution in [1.82, 2.24) is 0 Å². The minimum absolute atomic E-state index is 0.280. The van der Waals surface area contributed by atoms with Gasteiger partial charge in [0, 0.05) is 4.88 Å². The second kappa shape index (κ2) is 7.46. The van der Waals surface area contributed by atoms with Gasteiger partial charge in [0.25, 0.3) is 0 Å². The van der Waals surface area contributed by atoms with E-state index in [4.69, 9.17) is 0 Å². The molecule has 16 heavy (non-hydrogen) atoms. The van der Waals surface area contributed by atoms with E-state index in [2.05, 4.69) is 29.8 Å². The van der Waals surface area contributed by atoms with Crippen molar-refractivity contribution in [3.8, 4) is 0 Å². The van der Waals surface area contributed by atoms with Crippen molar-refractivity contribution >= 4 is 27.3 Å². The lowest BCUT2D eigenvalue weighted by atomic mass is 9.93. The van der Waals surface area contributed by atoms with Crippen LogP contribution in [0.3, 0.4) is 0 Å². The molecular formula is C13H21BrOS. The summed E-state index contributed by atoms with van der Waals surface area (Å²) < 4.78 is 1.10. The maximum Gasteiger partial charge on any atom is 0.0885 e. The van der Waals surface area contributed by atoms with Gasteiger partial charge in [-0.2, -0.15) is 0 Å². The Hall–Kier alpha value is 0.140. The number of hydrogen-bond donors (Lipinski definition) is 1. The molecule has 0 saturated carbocycles. The van der Waals surface area contributed by atoms with E-state index in [0.717, 1.165) is 15.1 Å². The molecular weight excluding hydrogens is 284 g/mol. The average Bonchev–Trinajstić information content (AvgIpc) is 2.70. The summed E-state index contributed by atoms with van der Waals surface area (Å²) in [6, 6.07) is 4.03. The highest BCUT2D eigenvalue weighted by molar-refractivity contribution is 9.11. The zero-order valence-electron chi connectivity index (χ0n) is 10.1. The standard InChI is InChI=1S/C13H21BrOS/c1-3-5-6-10(4-2)9-11(15)12-7-8-13(14)16-12/h7-8,10-11,15H,3-6,9H2,1-2H3. The molecule has 0 fully saturated rings. The van der Waals surface area contributed by atoms with Gasteiger partial charge in [-0.15, -0.1) is 11.3 Å². The quantitative estimate of drug-likeness (QED) is 0.738. The molecule has 0 aliphatic rings. The molecule has 2 atom stereocenters. The van der Waals surface area contributed by atoms with Crippen LogP contribution in [0.5, 0.6) is 0 Å². The first-order valence-electron chi connectivity index (χ1n) is 6.10. The first-order valence-corrected chi connectivity index (χ1v) is 7.71. The molecule has 3 heteroatoms. The Bertz CT molecular complexity index is 298. The molecule has 1 aromatic rings. The lowest BCUT2D eigenvalue weighted by Gasteiger charge is -2.17. The Morgan fingerprint density at radius 3 is 2.62 bits per heavy atom. The van der Waals surface area contributed by atoms with Crippen molar-refractivity contribution in [2.24, 2.45) is 5.92 Å². The van der Waals surface area contributed by atoms with E-state index in [0.29, 0.717) is 5.92 Å². The summed E-state index contributed by atoms with van der Waals surface area (Å²) >= 11 is 5.07. The average molecular weight is 305 g/mol. The molecule has 0 radical (unpaired) electrons. The third-order valence-corrected chi connectivity index (χ3v) is 4.75. The summed E-state index contributed by atoms with van der Waals surface area (Å²) in [6.45, 7) is 4.44. The zero-order valence-corrected chi connectivity index (χ0v) is 12.5. The Labute approximate surface area is 111 Å². The Balaban J connectivity index is 2.45. The molecule has 92 valence electrons. The molecule has 1 nitrogen and oxygen atoms in total. The maximum absolute atomic E-state index is 10.1. The van der Waals surface area contributed by atoms with Crippen LogP contribution in [0.15, 0.2) is 15.9 Å². The molecule has 0 amide bonds. The highest BCUT2D eigenvalue weighted by atomic mass is 79.9. The molecule has 0 aromatic carbocycles. The molecule has 2 unspecified atom stereocenters. The van der Waals surface area contributed by atoms with Crippen molar-refractivity contribution < 1.29 is 5.11 Å². The minimum Gasteiger partial charge on any atom is -0.388 e. The predicted octanol–water partition coefficient (Wildman–Crippen LogP) is 5.15. The minimum atomic E-state index is -0.280. The van der Waals surface area contributed by atoms with Crippen LogP contribution < -0.4 is 0 Å². The van der Waals surface area contributed by atoms with E-state index in [1.807, 2.05) is 12.1 Å². The Kier molecular flexibility index (Phi) is 6.62. The lowest BCUT2D eigenvalue weighted by Crippen LogP contribution is -2.05. The largest absolute Gasteiger partial charge is 0.388 e. The summed E-state index contributed by atoms with van der Waals surface area (Å²) in [5.74, 6) is 0.663. The van der Waals surface area contributed by atoms with Crippen LogP contribution in [0.25, 0.3) is 0 Å². The monoisotopic (exact) mass is 304 g/mol. The van der Waals surface area contributed by atoms with Gasteiger partial charge in [-0.05, 0) is 40.4 Å². The fourth-order valence-corrected chi connectivity index (χ4v) is 3.34. The van der Waals surface area contributed by atoms with Gasteiger partial charge in [-0.3, -0.25) is 0 Å². The number of halogens is 1. The van der Waals surface area contributed by atoms with Crippen molar-refractivity contribution in [2.75, 3.05) is 0 Å². The SMILES string of the molecule is CCCCC(CC)CC(O)c1ccc(Br)s1. The topological polar surface area (TPSA) is 20.2 Å². The first-order chi connectivity index (χ1) is 7.67. The van der Waals surface area contributed by atoms with Gasteiger partial charge >= 0.3 is 0 Å². The molecule has 1 heterocycles. The van der Waals surface area contributed by atoms with E-state index >= 15 is 0 Å². The van der Waals surface area contributed by atoms with E-state index in [-0.39, 0.29) is 6.10 Å². The van der Waals surface area contributed by atoms with Gasteiger partial charge in [0.2, 0.25) is 0 Å². The number of aliphatic hydroxyl groups excluding tert-OH is 1. The van der Waals surface area contributed by atoms with Crippen LogP contribution in [0.2, 0.25) is 0 Å². The van der Waals surface area contributed by atoms with Crippen molar-refractivity contribution in [3.05, 3.63) is 20.8 Å². The van der Waals surface area contributed by atoms with Crippen LogP contribution in [0.1, 0.15) is 56.9 Å². The summed E-state index contributed by atoms with van der Waals surface area (Å²) in [5, 5.41) is 10.1. The molecule has 0 aliphatic carbocycles. The van der Waals surface area contributed by atoms with Crippen molar-refractivity contribution in [3.63, 3.8) is 0 Å². The molecule has 1 aromatic heterocycles. The van der Waals surface area contributed by atoms with Crippen LogP contribution >= 0.6 is 27.3 Å². The fraction of sp³-hybridized carbons (Fsp3) is 0.692. The molecule has 0 bridgehead atoms. The number of hydrogen-bond acceptors (Lipinski definition) is 2. The summed E-state index contributed by atoms with van der Waals surface area (Å²) in [5.41, 5.74) is 0. The lowest BCUT2D eigenvalue weighted by molar-refractivity contribution is 0.142. The predicted molar refractivity (Wildman–Crippen MR) is 74.9 cm³/mol. The van der Waals surface area contributed by atoms with Crippen LogP contribution in [-0.4, -0.2) is 5.11 Å². The molecule has 0 saturated heterocycles. The number of thiophene rings is 1.